The highest BCUT2D eigenvalue weighted by atomic mass is 16.5. The number of nitrogens with zero attached hydrogens (tertiary/aromatic N) is 1. The molecule has 0 fully saturated rings. The normalized spacial score (nSPS) is 12.2. The third kappa shape index (κ3) is 3.36. The summed E-state index contributed by atoms with van der Waals surface area (Å²) in [5.41, 5.74) is 3.64. The molecular formula is C17H22N2O. The van der Waals surface area contributed by atoms with Gasteiger partial charge in [0.15, 0.2) is 0 Å². The first-order valence-electron chi connectivity index (χ1n) is 7.09. The first-order chi connectivity index (χ1) is 9.76. The number of rotatable bonds is 6. The van der Waals surface area contributed by atoms with Crippen LogP contribution in [0.3, 0.4) is 0 Å². The van der Waals surface area contributed by atoms with E-state index in [2.05, 4.69) is 54.5 Å². The van der Waals surface area contributed by atoms with E-state index in [1.807, 2.05) is 12.3 Å². The van der Waals surface area contributed by atoms with Crippen LogP contribution in [-0.4, -0.2) is 18.6 Å². The third-order valence-electron chi connectivity index (χ3n) is 3.38. The van der Waals surface area contributed by atoms with Gasteiger partial charge < -0.3 is 10.1 Å². The van der Waals surface area contributed by atoms with E-state index in [0.717, 1.165) is 18.5 Å². The average Bonchev–Trinajstić information content (AvgIpc) is 2.52. The number of ether oxygens (including phenoxy) is 1. The fraction of sp³-hybridized carbons (Fsp3) is 0.353. The monoisotopic (exact) mass is 270 g/mol. The molecule has 0 aliphatic carbocycles. The van der Waals surface area contributed by atoms with Gasteiger partial charge in [-0.3, -0.25) is 0 Å². The van der Waals surface area contributed by atoms with E-state index >= 15 is 0 Å². The molecule has 20 heavy (non-hydrogen) atoms. The molecule has 1 heterocycles. The molecule has 0 spiro atoms. The molecule has 1 aromatic carbocycles. The largest absolute Gasteiger partial charge is 0.481 e. The highest BCUT2D eigenvalue weighted by Crippen LogP contribution is 2.28. The molecule has 1 unspecified atom stereocenters. The summed E-state index contributed by atoms with van der Waals surface area (Å²) < 4.78 is 5.11. The molecule has 3 heteroatoms. The van der Waals surface area contributed by atoms with Gasteiger partial charge in [0.25, 0.3) is 0 Å². The smallest absolute Gasteiger partial charge is 0.212 e. The van der Waals surface area contributed by atoms with Crippen LogP contribution in [0, 0.1) is 0 Å². The summed E-state index contributed by atoms with van der Waals surface area (Å²) in [4.78, 5) is 4.29. The van der Waals surface area contributed by atoms with Crippen molar-refractivity contribution in [2.75, 3.05) is 13.7 Å². The quantitative estimate of drug-likeness (QED) is 0.866. The zero-order valence-electron chi connectivity index (χ0n) is 12.4. The van der Waals surface area contributed by atoms with Gasteiger partial charge in [0.1, 0.15) is 0 Å². The van der Waals surface area contributed by atoms with Gasteiger partial charge in [0.05, 0.1) is 7.11 Å². The van der Waals surface area contributed by atoms with Crippen molar-refractivity contribution in [3.8, 4) is 17.0 Å². The predicted molar refractivity (Wildman–Crippen MR) is 82.9 cm³/mol. The summed E-state index contributed by atoms with van der Waals surface area (Å²) in [5, 5.41) is 3.54. The molecule has 2 aromatic rings. The molecule has 0 amide bonds. The van der Waals surface area contributed by atoms with Crippen molar-refractivity contribution < 1.29 is 4.74 Å². The molecular weight excluding hydrogens is 248 g/mol. The number of nitrogens with one attached hydrogen (secondary N) is 1. The molecule has 0 saturated carbocycles. The minimum absolute atomic E-state index is 0.327. The van der Waals surface area contributed by atoms with Crippen molar-refractivity contribution in [2.24, 2.45) is 0 Å². The van der Waals surface area contributed by atoms with E-state index in [9.17, 15) is 0 Å². The van der Waals surface area contributed by atoms with Gasteiger partial charge in [-0.2, -0.15) is 0 Å². The Morgan fingerprint density at radius 1 is 1.20 bits per heavy atom. The number of hydrogen-bond acceptors (Lipinski definition) is 3. The Bertz CT molecular complexity index is 537. The van der Waals surface area contributed by atoms with Crippen LogP contribution in [0.1, 0.15) is 31.9 Å². The van der Waals surface area contributed by atoms with Crippen LogP contribution in [0.5, 0.6) is 5.88 Å². The van der Waals surface area contributed by atoms with Crippen molar-refractivity contribution in [3.63, 3.8) is 0 Å². The molecule has 1 aromatic heterocycles. The van der Waals surface area contributed by atoms with Gasteiger partial charge in [-0.15, -0.1) is 0 Å². The van der Waals surface area contributed by atoms with Crippen LogP contribution in [0.25, 0.3) is 11.1 Å². The Morgan fingerprint density at radius 3 is 2.65 bits per heavy atom. The molecule has 0 radical (unpaired) electrons. The highest BCUT2D eigenvalue weighted by molar-refractivity contribution is 5.67. The SMILES string of the molecule is CCCNC(C)c1ccccc1-c1ccc(OC)nc1. The summed E-state index contributed by atoms with van der Waals surface area (Å²) in [6.45, 7) is 5.40. The molecule has 106 valence electrons. The lowest BCUT2D eigenvalue weighted by Crippen LogP contribution is -2.19. The van der Waals surface area contributed by atoms with Gasteiger partial charge in [-0.1, -0.05) is 31.2 Å². The van der Waals surface area contributed by atoms with Crippen molar-refractivity contribution in [1.82, 2.24) is 10.3 Å². The Morgan fingerprint density at radius 2 is 2.00 bits per heavy atom. The Kier molecular flexibility index (Phi) is 5.13. The Labute approximate surface area is 121 Å². The van der Waals surface area contributed by atoms with Crippen molar-refractivity contribution in [1.29, 1.82) is 0 Å². The van der Waals surface area contributed by atoms with Crippen LogP contribution in [0.4, 0.5) is 0 Å². The molecule has 2 rings (SSSR count). The molecule has 0 bridgehead atoms. The predicted octanol–water partition coefficient (Wildman–Crippen LogP) is 3.82. The van der Waals surface area contributed by atoms with E-state index in [-0.39, 0.29) is 0 Å². The van der Waals surface area contributed by atoms with E-state index in [1.165, 1.54) is 11.1 Å². The Hall–Kier alpha value is -1.87. The minimum atomic E-state index is 0.327. The first-order valence-corrected chi connectivity index (χ1v) is 7.09. The molecule has 3 nitrogen and oxygen atoms in total. The zero-order chi connectivity index (χ0) is 14.4. The van der Waals surface area contributed by atoms with Crippen LogP contribution < -0.4 is 10.1 Å². The van der Waals surface area contributed by atoms with Crippen LogP contribution >= 0.6 is 0 Å². The maximum absolute atomic E-state index is 5.11. The van der Waals surface area contributed by atoms with Crippen LogP contribution in [0.15, 0.2) is 42.6 Å². The van der Waals surface area contributed by atoms with Gasteiger partial charge in [-0.25, -0.2) is 4.98 Å². The Balaban J connectivity index is 2.30. The fourth-order valence-corrected chi connectivity index (χ4v) is 2.27. The molecule has 1 atom stereocenters. The van der Waals surface area contributed by atoms with E-state index < -0.39 is 0 Å². The van der Waals surface area contributed by atoms with Crippen molar-refractivity contribution >= 4 is 0 Å². The zero-order valence-corrected chi connectivity index (χ0v) is 12.4. The van der Waals surface area contributed by atoms with Crippen LogP contribution in [0.2, 0.25) is 0 Å². The number of pyridine rings is 1. The topological polar surface area (TPSA) is 34.1 Å². The number of hydrogen-bond donors (Lipinski definition) is 1. The maximum atomic E-state index is 5.11. The maximum Gasteiger partial charge on any atom is 0.212 e. The van der Waals surface area contributed by atoms with Gasteiger partial charge in [-0.05, 0) is 37.1 Å². The number of methoxy groups -OCH3 is 1. The number of aromatic nitrogens is 1. The molecule has 0 aliphatic rings. The van der Waals surface area contributed by atoms with E-state index in [4.69, 9.17) is 4.74 Å². The summed E-state index contributed by atoms with van der Waals surface area (Å²) in [7, 11) is 1.63. The first kappa shape index (κ1) is 14.5. The minimum Gasteiger partial charge on any atom is -0.481 e. The van der Waals surface area contributed by atoms with Crippen LogP contribution in [-0.2, 0) is 0 Å². The molecule has 1 N–H and O–H groups in total. The summed E-state index contributed by atoms with van der Waals surface area (Å²) in [6.07, 6.45) is 3.00. The molecule has 0 saturated heterocycles. The standard InChI is InChI=1S/C17H22N2O/c1-4-11-18-13(2)15-7-5-6-8-16(15)14-9-10-17(20-3)19-12-14/h5-10,12-13,18H,4,11H2,1-3H3. The van der Waals surface area contributed by atoms with Gasteiger partial charge in [0, 0.05) is 23.9 Å². The summed E-state index contributed by atoms with van der Waals surface area (Å²) in [6, 6.07) is 12.7. The van der Waals surface area contributed by atoms with E-state index in [1.54, 1.807) is 7.11 Å². The number of benzene rings is 1. The second-order valence-electron chi connectivity index (χ2n) is 4.85. The average molecular weight is 270 g/mol. The lowest BCUT2D eigenvalue weighted by atomic mass is 9.96. The summed E-state index contributed by atoms with van der Waals surface area (Å²) >= 11 is 0. The lowest BCUT2D eigenvalue weighted by Gasteiger charge is -2.18. The van der Waals surface area contributed by atoms with Gasteiger partial charge in [0.2, 0.25) is 5.88 Å². The third-order valence-corrected chi connectivity index (χ3v) is 3.38. The van der Waals surface area contributed by atoms with Gasteiger partial charge >= 0.3 is 0 Å². The fourth-order valence-electron chi connectivity index (χ4n) is 2.27. The highest BCUT2D eigenvalue weighted by Gasteiger charge is 2.11. The summed E-state index contributed by atoms with van der Waals surface area (Å²) in [5.74, 6) is 0.642. The lowest BCUT2D eigenvalue weighted by molar-refractivity contribution is 0.398. The second-order valence-corrected chi connectivity index (χ2v) is 4.85. The van der Waals surface area contributed by atoms with Crippen molar-refractivity contribution in [3.05, 3.63) is 48.2 Å². The molecule has 0 aliphatic heterocycles. The second kappa shape index (κ2) is 7.06. The van der Waals surface area contributed by atoms with Crippen molar-refractivity contribution in [2.45, 2.75) is 26.3 Å². The van der Waals surface area contributed by atoms with E-state index in [0.29, 0.717) is 11.9 Å².